The fourth-order valence-corrected chi connectivity index (χ4v) is 5.19. The van der Waals surface area contributed by atoms with E-state index in [1.807, 2.05) is 24.5 Å². The molecule has 0 amide bonds. The normalized spacial score (nSPS) is 18.4. The molecule has 4 rings (SSSR count). The van der Waals surface area contributed by atoms with Crippen molar-refractivity contribution >= 4 is 41.3 Å². The summed E-state index contributed by atoms with van der Waals surface area (Å²) in [4.78, 5) is 13.0. The number of halogens is 1. The molecule has 1 aromatic heterocycles. The predicted octanol–water partition coefficient (Wildman–Crippen LogP) is 4.21. The van der Waals surface area contributed by atoms with Crippen molar-refractivity contribution in [2.75, 3.05) is 27.2 Å². The zero-order valence-electron chi connectivity index (χ0n) is 16.6. The highest BCUT2D eigenvalue weighted by atomic mass is 127. The van der Waals surface area contributed by atoms with Gasteiger partial charge in [-0.2, -0.15) is 0 Å². The van der Waals surface area contributed by atoms with Crippen molar-refractivity contribution in [3.8, 4) is 5.75 Å². The summed E-state index contributed by atoms with van der Waals surface area (Å²) >= 11 is 1.88. The van der Waals surface area contributed by atoms with E-state index in [-0.39, 0.29) is 24.0 Å². The largest absolute Gasteiger partial charge is 0.493 e. The molecule has 152 valence electrons. The second-order valence-corrected chi connectivity index (χ2v) is 8.51. The zero-order valence-corrected chi connectivity index (χ0v) is 19.8. The van der Waals surface area contributed by atoms with E-state index < -0.39 is 0 Å². The number of guanidine groups is 1. The number of hydrogen-bond acceptors (Lipinski definition) is 4. The van der Waals surface area contributed by atoms with Crippen LogP contribution in [0.4, 0.5) is 0 Å². The molecule has 1 N–H and O–H groups in total. The predicted molar refractivity (Wildman–Crippen MR) is 126 cm³/mol. The third kappa shape index (κ3) is 4.79. The Balaban J connectivity index is 0.00000225. The lowest BCUT2D eigenvalue weighted by atomic mass is 9.93. The van der Waals surface area contributed by atoms with Crippen LogP contribution in [0.15, 0.2) is 29.3 Å². The molecular weight excluding hydrogens is 483 g/mol. The van der Waals surface area contributed by atoms with Crippen LogP contribution < -0.4 is 10.1 Å². The number of rotatable bonds is 4. The van der Waals surface area contributed by atoms with Crippen LogP contribution in [0.3, 0.4) is 0 Å². The Bertz CT molecular complexity index is 799. The number of nitrogens with zero attached hydrogens (tertiary/aromatic N) is 3. The molecule has 0 saturated carbocycles. The van der Waals surface area contributed by atoms with Crippen molar-refractivity contribution in [1.29, 1.82) is 0 Å². The van der Waals surface area contributed by atoms with Crippen LogP contribution >= 0.6 is 35.3 Å². The summed E-state index contributed by atoms with van der Waals surface area (Å²) in [6.45, 7) is 2.45. The topological polar surface area (TPSA) is 49.8 Å². The van der Waals surface area contributed by atoms with Crippen LogP contribution in [0.2, 0.25) is 0 Å². The third-order valence-corrected chi connectivity index (χ3v) is 6.57. The molecule has 1 aliphatic heterocycles. The highest BCUT2D eigenvalue weighted by molar-refractivity contribution is 14.0. The van der Waals surface area contributed by atoms with Crippen LogP contribution in [-0.2, 0) is 19.4 Å². The van der Waals surface area contributed by atoms with E-state index in [0.717, 1.165) is 44.2 Å². The first kappa shape index (κ1) is 21.4. The molecule has 0 bridgehead atoms. The first-order chi connectivity index (χ1) is 13.2. The summed E-state index contributed by atoms with van der Waals surface area (Å²) < 4.78 is 5.78. The Morgan fingerprint density at radius 3 is 2.96 bits per heavy atom. The van der Waals surface area contributed by atoms with Crippen molar-refractivity contribution in [3.05, 3.63) is 45.4 Å². The van der Waals surface area contributed by atoms with Crippen LogP contribution in [-0.4, -0.2) is 43.1 Å². The standard InChI is InChI=1S/C21H28N4OS.HI/c1-22-21(23-13-15-11-12-26-18-9-5-3-7-16(15)18)25(2)14-20-24-17-8-4-6-10-19(17)27-20;/h3,5,7,9,15H,4,6,8,10-14H2,1-2H3,(H,22,23);1H. The van der Waals surface area contributed by atoms with E-state index in [1.165, 1.54) is 40.4 Å². The smallest absolute Gasteiger partial charge is 0.193 e. The first-order valence-corrected chi connectivity index (χ1v) is 10.7. The van der Waals surface area contributed by atoms with Gasteiger partial charge < -0.3 is 15.0 Å². The van der Waals surface area contributed by atoms with Crippen LogP contribution in [0, 0.1) is 0 Å². The average Bonchev–Trinajstić information content (AvgIpc) is 3.10. The van der Waals surface area contributed by atoms with Crippen molar-refractivity contribution in [2.24, 2.45) is 4.99 Å². The fraction of sp³-hybridized carbons (Fsp3) is 0.524. The van der Waals surface area contributed by atoms with Gasteiger partial charge in [0.2, 0.25) is 0 Å². The number of nitrogens with one attached hydrogen (secondary N) is 1. The van der Waals surface area contributed by atoms with E-state index in [4.69, 9.17) is 9.72 Å². The number of thiazole rings is 1. The number of para-hydroxylation sites is 1. The van der Waals surface area contributed by atoms with E-state index >= 15 is 0 Å². The highest BCUT2D eigenvalue weighted by Crippen LogP contribution is 2.32. The molecule has 7 heteroatoms. The van der Waals surface area contributed by atoms with Gasteiger partial charge in [-0.05, 0) is 43.7 Å². The monoisotopic (exact) mass is 512 g/mol. The van der Waals surface area contributed by atoms with Gasteiger partial charge in [0.25, 0.3) is 0 Å². The van der Waals surface area contributed by atoms with Gasteiger partial charge in [0.15, 0.2) is 5.96 Å². The van der Waals surface area contributed by atoms with Crippen LogP contribution in [0.25, 0.3) is 0 Å². The summed E-state index contributed by atoms with van der Waals surface area (Å²) in [5.74, 6) is 2.40. The number of aromatic nitrogens is 1. The minimum Gasteiger partial charge on any atom is -0.493 e. The summed E-state index contributed by atoms with van der Waals surface area (Å²) in [6, 6.07) is 8.36. The van der Waals surface area contributed by atoms with Crippen molar-refractivity contribution in [1.82, 2.24) is 15.2 Å². The minimum atomic E-state index is 0. The highest BCUT2D eigenvalue weighted by Gasteiger charge is 2.22. The molecule has 1 unspecified atom stereocenters. The maximum absolute atomic E-state index is 5.78. The van der Waals surface area contributed by atoms with Crippen molar-refractivity contribution in [2.45, 2.75) is 44.6 Å². The summed E-state index contributed by atoms with van der Waals surface area (Å²) in [7, 11) is 3.94. The maximum Gasteiger partial charge on any atom is 0.193 e. The van der Waals surface area contributed by atoms with Gasteiger partial charge in [0, 0.05) is 31.4 Å². The second kappa shape index (κ2) is 9.91. The number of aryl methyl sites for hydroxylation is 2. The van der Waals surface area contributed by atoms with Crippen LogP contribution in [0.5, 0.6) is 5.75 Å². The van der Waals surface area contributed by atoms with Gasteiger partial charge in [-0.25, -0.2) is 4.98 Å². The van der Waals surface area contributed by atoms with Gasteiger partial charge in [0.1, 0.15) is 10.8 Å². The molecule has 2 aliphatic rings. The van der Waals surface area contributed by atoms with Crippen LogP contribution in [0.1, 0.15) is 46.3 Å². The molecule has 2 aromatic rings. The molecule has 1 aliphatic carbocycles. The quantitative estimate of drug-likeness (QED) is 0.379. The molecule has 0 fully saturated rings. The number of benzene rings is 1. The molecule has 0 saturated heterocycles. The molecular formula is C21H29IN4OS. The molecule has 5 nitrogen and oxygen atoms in total. The Morgan fingerprint density at radius 1 is 1.32 bits per heavy atom. The summed E-state index contributed by atoms with van der Waals surface area (Å²) in [6.07, 6.45) is 5.96. The van der Waals surface area contributed by atoms with Gasteiger partial charge in [-0.3, -0.25) is 4.99 Å². The van der Waals surface area contributed by atoms with E-state index in [9.17, 15) is 0 Å². The molecule has 0 spiro atoms. The van der Waals surface area contributed by atoms with Gasteiger partial charge >= 0.3 is 0 Å². The van der Waals surface area contributed by atoms with Gasteiger partial charge in [-0.1, -0.05) is 18.2 Å². The van der Waals surface area contributed by atoms with Gasteiger partial charge in [-0.15, -0.1) is 35.3 Å². The number of hydrogen-bond donors (Lipinski definition) is 1. The van der Waals surface area contributed by atoms with Gasteiger partial charge in [0.05, 0.1) is 18.8 Å². The Kier molecular flexibility index (Phi) is 7.56. The van der Waals surface area contributed by atoms with Crippen molar-refractivity contribution < 1.29 is 4.74 Å². The number of aliphatic imine (C=N–C) groups is 1. The molecule has 2 heterocycles. The Morgan fingerprint density at radius 2 is 2.14 bits per heavy atom. The third-order valence-electron chi connectivity index (χ3n) is 5.43. The Labute approximate surface area is 188 Å². The summed E-state index contributed by atoms with van der Waals surface area (Å²) in [5, 5.41) is 4.76. The lowest BCUT2D eigenvalue weighted by molar-refractivity contribution is 0.266. The summed E-state index contributed by atoms with van der Waals surface area (Å²) in [5.41, 5.74) is 2.62. The molecule has 0 radical (unpaired) electrons. The SMILES string of the molecule is CN=C(NCC1CCOc2ccccc21)N(C)Cc1nc2c(s1)CCCC2.I. The maximum atomic E-state index is 5.78. The lowest BCUT2D eigenvalue weighted by Crippen LogP contribution is -2.40. The zero-order chi connectivity index (χ0) is 18.6. The number of ether oxygens (including phenoxy) is 1. The minimum absolute atomic E-state index is 0. The molecule has 1 aromatic carbocycles. The first-order valence-electron chi connectivity index (χ1n) is 9.85. The van der Waals surface area contributed by atoms with E-state index in [2.05, 4.69) is 40.5 Å². The lowest BCUT2D eigenvalue weighted by Gasteiger charge is -2.28. The number of fused-ring (bicyclic) bond motifs is 2. The average molecular weight is 512 g/mol. The van der Waals surface area contributed by atoms with E-state index in [1.54, 1.807) is 0 Å². The van der Waals surface area contributed by atoms with E-state index in [0.29, 0.717) is 5.92 Å². The second-order valence-electron chi connectivity index (χ2n) is 7.34. The van der Waals surface area contributed by atoms with Crippen molar-refractivity contribution in [3.63, 3.8) is 0 Å². The Hall–Kier alpha value is -1.35. The molecule has 28 heavy (non-hydrogen) atoms. The fourth-order valence-electron chi connectivity index (χ4n) is 3.98. The molecule has 1 atom stereocenters.